The maximum Gasteiger partial charge on any atom is 0.427 e. The predicted octanol–water partition coefficient (Wildman–Crippen LogP) is 3.32. The second-order valence-corrected chi connectivity index (χ2v) is 4.57. The lowest BCUT2D eigenvalue weighted by atomic mass is 10.1. The van der Waals surface area contributed by atoms with E-state index in [1.165, 1.54) is 18.2 Å². The van der Waals surface area contributed by atoms with Crippen molar-refractivity contribution in [3.05, 3.63) is 39.3 Å². The molecule has 1 aromatic carbocycles. The minimum Gasteiger partial charge on any atom is -0.375 e. The minimum atomic E-state index is -4.60. The van der Waals surface area contributed by atoms with E-state index in [0.29, 0.717) is 11.3 Å². The number of benzene rings is 1. The highest BCUT2D eigenvalue weighted by Gasteiger charge is 2.37. The number of aromatic nitrogens is 1. The lowest BCUT2D eigenvalue weighted by Gasteiger charge is -2.05. The molecule has 0 aliphatic carbocycles. The molecule has 1 heterocycles. The van der Waals surface area contributed by atoms with Gasteiger partial charge in [0.05, 0.1) is 10.6 Å². The van der Waals surface area contributed by atoms with Crippen molar-refractivity contribution in [1.29, 1.82) is 0 Å². The Kier molecular flexibility index (Phi) is 3.14. The summed E-state index contributed by atoms with van der Waals surface area (Å²) in [7, 11) is 0. The number of nitrogens with two attached hydrogens (primary N) is 1. The van der Waals surface area contributed by atoms with E-state index in [0.717, 1.165) is 6.07 Å². The first-order valence-corrected chi connectivity index (χ1v) is 5.69. The van der Waals surface area contributed by atoms with Gasteiger partial charge >= 0.3 is 6.18 Å². The van der Waals surface area contributed by atoms with Gasteiger partial charge in [-0.2, -0.15) is 13.2 Å². The van der Waals surface area contributed by atoms with Crippen LogP contribution in [-0.2, 0) is 6.18 Å². The van der Waals surface area contributed by atoms with E-state index in [-0.39, 0.29) is 16.4 Å². The van der Waals surface area contributed by atoms with Crippen molar-refractivity contribution in [2.75, 3.05) is 5.73 Å². The summed E-state index contributed by atoms with van der Waals surface area (Å²) >= 11 is 0.302. The average molecular weight is 289 g/mol. The molecule has 0 fully saturated rings. The van der Waals surface area contributed by atoms with Crippen LogP contribution in [0.4, 0.5) is 24.0 Å². The lowest BCUT2D eigenvalue weighted by molar-refractivity contribution is -0.384. The maximum atomic E-state index is 12.8. The first-order chi connectivity index (χ1) is 8.79. The highest BCUT2D eigenvalue weighted by atomic mass is 32.1. The summed E-state index contributed by atoms with van der Waals surface area (Å²) < 4.78 is 38.4. The summed E-state index contributed by atoms with van der Waals surface area (Å²) in [6.07, 6.45) is -4.60. The molecule has 2 N–H and O–H groups in total. The molecule has 0 bridgehead atoms. The summed E-state index contributed by atoms with van der Waals surface area (Å²) in [5, 5.41) is 10.4. The number of rotatable bonds is 2. The highest BCUT2D eigenvalue weighted by molar-refractivity contribution is 7.15. The van der Waals surface area contributed by atoms with Crippen LogP contribution in [-0.4, -0.2) is 9.91 Å². The largest absolute Gasteiger partial charge is 0.427 e. The zero-order valence-corrected chi connectivity index (χ0v) is 9.96. The molecule has 1 aromatic heterocycles. The van der Waals surface area contributed by atoms with E-state index in [2.05, 4.69) is 4.98 Å². The number of halogens is 3. The molecule has 2 rings (SSSR count). The van der Waals surface area contributed by atoms with Gasteiger partial charge in [0.15, 0.2) is 5.13 Å². The molecule has 0 aliphatic rings. The normalized spacial score (nSPS) is 11.5. The van der Waals surface area contributed by atoms with Crippen LogP contribution in [0.25, 0.3) is 11.3 Å². The first-order valence-electron chi connectivity index (χ1n) is 4.87. The van der Waals surface area contributed by atoms with Crippen LogP contribution >= 0.6 is 11.3 Å². The van der Waals surface area contributed by atoms with Crippen molar-refractivity contribution in [1.82, 2.24) is 4.98 Å². The van der Waals surface area contributed by atoms with E-state index in [1.54, 1.807) is 0 Å². The van der Waals surface area contributed by atoms with Gasteiger partial charge in [0.2, 0.25) is 0 Å². The smallest absolute Gasteiger partial charge is 0.375 e. The highest BCUT2D eigenvalue weighted by Crippen LogP contribution is 2.42. The summed E-state index contributed by atoms with van der Waals surface area (Å²) in [5.41, 5.74) is 4.60. The van der Waals surface area contributed by atoms with Crippen LogP contribution < -0.4 is 5.73 Å². The Morgan fingerprint density at radius 2 is 2.05 bits per heavy atom. The summed E-state index contributed by atoms with van der Waals surface area (Å²) in [4.78, 5) is 12.6. The molecule has 0 unspecified atom stereocenters. The van der Waals surface area contributed by atoms with Crippen LogP contribution in [0, 0.1) is 10.1 Å². The van der Waals surface area contributed by atoms with Gasteiger partial charge in [-0.1, -0.05) is 23.5 Å². The Balaban J connectivity index is 2.59. The lowest BCUT2D eigenvalue weighted by Crippen LogP contribution is -2.04. The topological polar surface area (TPSA) is 82.0 Å². The molecule has 5 nitrogen and oxygen atoms in total. The number of alkyl halides is 3. The number of non-ortho nitro benzene ring substituents is 1. The molecule has 100 valence electrons. The zero-order valence-electron chi connectivity index (χ0n) is 9.14. The van der Waals surface area contributed by atoms with Gasteiger partial charge in [-0.25, -0.2) is 4.98 Å². The Bertz CT molecular complexity index is 639. The fourth-order valence-electron chi connectivity index (χ4n) is 1.49. The summed E-state index contributed by atoms with van der Waals surface area (Å²) in [6.45, 7) is 0. The number of hydrogen-bond donors (Lipinski definition) is 1. The number of hydrogen-bond acceptors (Lipinski definition) is 5. The van der Waals surface area contributed by atoms with Crippen LogP contribution in [0.15, 0.2) is 24.3 Å². The van der Waals surface area contributed by atoms with Crippen LogP contribution in [0.2, 0.25) is 0 Å². The molecule has 0 amide bonds. The third-order valence-corrected chi connectivity index (χ3v) is 3.16. The third kappa shape index (κ3) is 2.65. The predicted molar refractivity (Wildman–Crippen MR) is 63.6 cm³/mol. The summed E-state index contributed by atoms with van der Waals surface area (Å²) in [5.74, 6) is 0. The zero-order chi connectivity index (χ0) is 14.2. The third-order valence-electron chi connectivity index (χ3n) is 2.23. The van der Waals surface area contributed by atoms with Gasteiger partial charge in [0.1, 0.15) is 4.88 Å². The van der Waals surface area contributed by atoms with Crippen molar-refractivity contribution in [3.8, 4) is 11.3 Å². The Labute approximate surface area is 108 Å². The number of nitrogens with zero attached hydrogens (tertiary/aromatic N) is 2. The van der Waals surface area contributed by atoms with E-state index >= 15 is 0 Å². The average Bonchev–Trinajstić information content (AvgIpc) is 2.71. The van der Waals surface area contributed by atoms with E-state index in [9.17, 15) is 23.3 Å². The van der Waals surface area contributed by atoms with Gasteiger partial charge in [-0.05, 0) is 0 Å². The second-order valence-electron chi connectivity index (χ2n) is 3.54. The van der Waals surface area contributed by atoms with Gasteiger partial charge < -0.3 is 5.73 Å². The fraction of sp³-hybridized carbons (Fsp3) is 0.100. The molecule has 9 heteroatoms. The Hall–Kier alpha value is -2.16. The van der Waals surface area contributed by atoms with Crippen molar-refractivity contribution in [2.45, 2.75) is 6.18 Å². The van der Waals surface area contributed by atoms with E-state index in [4.69, 9.17) is 5.73 Å². The quantitative estimate of drug-likeness (QED) is 0.679. The second kappa shape index (κ2) is 4.50. The Morgan fingerprint density at radius 3 is 2.63 bits per heavy atom. The van der Waals surface area contributed by atoms with Crippen molar-refractivity contribution in [3.63, 3.8) is 0 Å². The van der Waals surface area contributed by atoms with Crippen LogP contribution in [0.3, 0.4) is 0 Å². The van der Waals surface area contributed by atoms with Crippen molar-refractivity contribution < 1.29 is 18.1 Å². The number of nitro groups is 1. The standard InChI is InChI=1S/C10H6F3N3O2S/c11-10(12,13)8-7(15-9(14)19-8)5-2-1-3-6(4-5)16(17)18/h1-4H,(H2,14,15). The van der Waals surface area contributed by atoms with Crippen LogP contribution in [0.1, 0.15) is 4.88 Å². The molecule has 0 atom stereocenters. The van der Waals surface area contributed by atoms with Gasteiger partial charge in [0.25, 0.3) is 5.69 Å². The van der Waals surface area contributed by atoms with Crippen LogP contribution in [0.5, 0.6) is 0 Å². The molecule has 19 heavy (non-hydrogen) atoms. The Morgan fingerprint density at radius 1 is 1.37 bits per heavy atom. The number of thiazole rings is 1. The molecule has 0 saturated carbocycles. The summed E-state index contributed by atoms with van der Waals surface area (Å²) in [6, 6.07) is 4.83. The molecular formula is C10H6F3N3O2S. The van der Waals surface area contributed by atoms with E-state index in [1.807, 2.05) is 0 Å². The van der Waals surface area contributed by atoms with Gasteiger partial charge in [-0.15, -0.1) is 0 Å². The molecular weight excluding hydrogens is 283 g/mol. The van der Waals surface area contributed by atoms with Crippen molar-refractivity contribution >= 4 is 22.2 Å². The maximum absolute atomic E-state index is 12.8. The fourth-order valence-corrected chi connectivity index (χ4v) is 2.21. The first kappa shape index (κ1) is 13.3. The van der Waals surface area contributed by atoms with Crippen molar-refractivity contribution in [2.24, 2.45) is 0 Å². The molecule has 0 radical (unpaired) electrons. The van der Waals surface area contributed by atoms with E-state index < -0.39 is 21.7 Å². The number of anilines is 1. The molecule has 2 aromatic rings. The molecule has 0 spiro atoms. The molecule has 0 aliphatic heterocycles. The SMILES string of the molecule is Nc1nc(-c2cccc([N+](=O)[O-])c2)c(C(F)(F)F)s1. The minimum absolute atomic E-state index is 0.00877. The number of nitrogen functional groups attached to an aromatic ring is 1. The van der Waals surface area contributed by atoms with Gasteiger partial charge in [0, 0.05) is 17.7 Å². The van der Waals surface area contributed by atoms with Gasteiger partial charge in [-0.3, -0.25) is 10.1 Å². The monoisotopic (exact) mass is 289 g/mol. The number of nitro benzene ring substituents is 1. The molecule has 0 saturated heterocycles.